The molecule has 0 spiro atoms. The molecule has 3 heterocycles. The molecule has 2 aromatic carbocycles. The molecule has 2 amide bonds. The normalized spacial score (nSPS) is 19.3. The summed E-state index contributed by atoms with van der Waals surface area (Å²) in [6.07, 6.45) is 2.26. The van der Waals surface area contributed by atoms with Crippen molar-refractivity contribution in [3.63, 3.8) is 0 Å². The van der Waals surface area contributed by atoms with Crippen molar-refractivity contribution < 1.29 is 18.7 Å². The first-order valence-corrected chi connectivity index (χ1v) is 11.1. The zero-order chi connectivity index (χ0) is 22.8. The Morgan fingerprint density at radius 2 is 1.94 bits per heavy atom. The lowest BCUT2D eigenvalue weighted by atomic mass is 9.99. The number of rotatable bonds is 6. The van der Waals surface area contributed by atoms with Crippen LogP contribution in [0.4, 0.5) is 4.39 Å². The first-order chi connectivity index (χ1) is 16.1. The predicted octanol–water partition coefficient (Wildman–Crippen LogP) is 3.32. The van der Waals surface area contributed by atoms with Crippen LogP contribution in [0.15, 0.2) is 66.9 Å². The number of hydrogen-bond donors (Lipinski definition) is 1. The highest BCUT2D eigenvalue weighted by Gasteiger charge is 2.32. The van der Waals surface area contributed by atoms with E-state index in [1.165, 1.54) is 12.1 Å². The summed E-state index contributed by atoms with van der Waals surface area (Å²) >= 11 is 0. The Balaban J connectivity index is 1.18. The molecule has 2 atom stereocenters. The molecule has 0 radical (unpaired) electrons. The summed E-state index contributed by atoms with van der Waals surface area (Å²) in [6.45, 7) is 0.838. The second-order valence-electron chi connectivity index (χ2n) is 8.49. The average molecular weight is 445 g/mol. The summed E-state index contributed by atoms with van der Waals surface area (Å²) in [5.74, 6) is 0.129. The van der Waals surface area contributed by atoms with Gasteiger partial charge in [0.05, 0.1) is 18.8 Å². The van der Waals surface area contributed by atoms with Crippen molar-refractivity contribution in [3.8, 4) is 17.0 Å². The van der Waals surface area contributed by atoms with Crippen molar-refractivity contribution in [1.82, 2.24) is 15.2 Å². The van der Waals surface area contributed by atoms with E-state index in [1.807, 2.05) is 42.5 Å². The highest BCUT2D eigenvalue weighted by Crippen LogP contribution is 2.38. The number of carbonyl (C=O) groups is 2. The van der Waals surface area contributed by atoms with Gasteiger partial charge in [-0.1, -0.05) is 36.4 Å². The molecule has 1 N–H and O–H groups in total. The molecule has 0 bridgehead atoms. The minimum Gasteiger partial charge on any atom is -0.487 e. The largest absolute Gasteiger partial charge is 0.487 e. The van der Waals surface area contributed by atoms with Crippen LogP contribution in [0, 0.1) is 5.82 Å². The molecule has 168 valence electrons. The van der Waals surface area contributed by atoms with Gasteiger partial charge in [0.15, 0.2) is 0 Å². The summed E-state index contributed by atoms with van der Waals surface area (Å²) in [6, 6.07) is 18.2. The van der Waals surface area contributed by atoms with Gasteiger partial charge < -0.3 is 15.0 Å². The van der Waals surface area contributed by atoms with Crippen LogP contribution in [0.25, 0.3) is 11.3 Å². The lowest BCUT2D eigenvalue weighted by Crippen LogP contribution is -2.41. The second kappa shape index (κ2) is 9.02. The van der Waals surface area contributed by atoms with Crippen LogP contribution in [0.2, 0.25) is 0 Å². The van der Waals surface area contributed by atoms with Gasteiger partial charge in [-0.3, -0.25) is 14.6 Å². The first kappa shape index (κ1) is 21.1. The molecule has 0 unspecified atom stereocenters. The van der Waals surface area contributed by atoms with Crippen LogP contribution in [0.1, 0.15) is 23.5 Å². The number of pyridine rings is 1. The van der Waals surface area contributed by atoms with Crippen molar-refractivity contribution in [2.45, 2.75) is 24.9 Å². The maximum Gasteiger partial charge on any atom is 0.239 e. The zero-order valence-corrected chi connectivity index (χ0v) is 18.0. The zero-order valence-electron chi connectivity index (χ0n) is 18.0. The maximum absolute atomic E-state index is 14.2. The van der Waals surface area contributed by atoms with E-state index in [0.717, 1.165) is 11.1 Å². The molecule has 1 fully saturated rings. The van der Waals surface area contributed by atoms with Crippen molar-refractivity contribution >= 4 is 11.8 Å². The Bertz CT molecular complexity index is 1170. The summed E-state index contributed by atoms with van der Waals surface area (Å²) in [5, 5.41) is 2.87. The third-order valence-electron chi connectivity index (χ3n) is 6.15. The van der Waals surface area contributed by atoms with Crippen molar-refractivity contribution in [3.05, 3.63) is 83.8 Å². The molecule has 2 aliphatic rings. The third kappa shape index (κ3) is 4.58. The fourth-order valence-electron chi connectivity index (χ4n) is 4.55. The van der Waals surface area contributed by atoms with E-state index in [-0.39, 0.29) is 42.7 Å². The Morgan fingerprint density at radius 3 is 2.73 bits per heavy atom. The van der Waals surface area contributed by atoms with E-state index in [9.17, 15) is 14.0 Å². The number of hydrogen-bond acceptors (Lipinski definition) is 4. The molecule has 2 aliphatic heterocycles. The fraction of sp³-hybridized carbons (Fsp3) is 0.269. The Labute approximate surface area is 191 Å². The van der Waals surface area contributed by atoms with E-state index < -0.39 is 0 Å². The molecular weight excluding hydrogens is 421 g/mol. The van der Waals surface area contributed by atoms with Gasteiger partial charge in [0.25, 0.3) is 0 Å². The molecule has 3 aromatic rings. The number of fused-ring (bicyclic) bond motifs is 1. The smallest absolute Gasteiger partial charge is 0.239 e. The van der Waals surface area contributed by atoms with Crippen molar-refractivity contribution in [2.75, 3.05) is 19.6 Å². The first-order valence-electron chi connectivity index (χ1n) is 11.1. The Kier molecular flexibility index (Phi) is 5.77. The quantitative estimate of drug-likeness (QED) is 0.632. The highest BCUT2D eigenvalue weighted by atomic mass is 19.1. The molecule has 0 aliphatic carbocycles. The number of halogens is 1. The highest BCUT2D eigenvalue weighted by molar-refractivity contribution is 5.86. The molecule has 7 heteroatoms. The Hall–Kier alpha value is -3.74. The summed E-state index contributed by atoms with van der Waals surface area (Å²) in [7, 11) is 0. The van der Waals surface area contributed by atoms with E-state index in [2.05, 4.69) is 10.3 Å². The maximum atomic E-state index is 14.2. The molecule has 6 nitrogen and oxygen atoms in total. The topological polar surface area (TPSA) is 71.5 Å². The van der Waals surface area contributed by atoms with Crippen LogP contribution in [0.5, 0.6) is 5.75 Å². The molecule has 33 heavy (non-hydrogen) atoms. The molecule has 1 saturated heterocycles. The van der Waals surface area contributed by atoms with E-state index in [0.29, 0.717) is 36.4 Å². The van der Waals surface area contributed by atoms with Gasteiger partial charge in [0, 0.05) is 42.6 Å². The van der Waals surface area contributed by atoms with Crippen LogP contribution in [0.3, 0.4) is 0 Å². The van der Waals surface area contributed by atoms with Gasteiger partial charge >= 0.3 is 0 Å². The number of amides is 2. The predicted molar refractivity (Wildman–Crippen MR) is 121 cm³/mol. The second-order valence-corrected chi connectivity index (χ2v) is 8.49. The van der Waals surface area contributed by atoms with Crippen LogP contribution in [-0.4, -0.2) is 47.4 Å². The third-order valence-corrected chi connectivity index (χ3v) is 6.15. The summed E-state index contributed by atoms with van der Waals surface area (Å²) in [4.78, 5) is 30.8. The number of aromatic nitrogens is 1. The number of likely N-dealkylation sites (tertiary alicyclic amines) is 1. The van der Waals surface area contributed by atoms with Gasteiger partial charge in [0.1, 0.15) is 17.7 Å². The fourth-order valence-corrected chi connectivity index (χ4v) is 4.55. The standard InChI is InChI=1S/C26H24FN3O3/c27-20-10-18-11-21(33-26(18)22(13-20)23-8-4-5-9-28-23)14-29-24(31)16-30-15-19(12-25(30)32)17-6-2-1-3-7-17/h1-10,13,19,21H,11-12,14-16H2,(H,29,31)/t19-,21+/m0/s1. The number of ether oxygens (including phenoxy) is 1. The minimum absolute atomic E-state index is 0.0148. The van der Waals surface area contributed by atoms with Gasteiger partial charge in [-0.25, -0.2) is 4.39 Å². The van der Waals surface area contributed by atoms with Gasteiger partial charge in [-0.15, -0.1) is 0 Å². The number of benzene rings is 2. The van der Waals surface area contributed by atoms with Crippen molar-refractivity contribution in [1.29, 1.82) is 0 Å². The lowest BCUT2D eigenvalue weighted by molar-refractivity contribution is -0.133. The molecule has 5 rings (SSSR count). The van der Waals surface area contributed by atoms with Crippen LogP contribution < -0.4 is 10.1 Å². The Morgan fingerprint density at radius 1 is 1.12 bits per heavy atom. The number of nitrogens with one attached hydrogen (secondary N) is 1. The lowest BCUT2D eigenvalue weighted by Gasteiger charge is -2.18. The van der Waals surface area contributed by atoms with Crippen molar-refractivity contribution in [2.24, 2.45) is 0 Å². The van der Waals surface area contributed by atoms with Gasteiger partial charge in [0.2, 0.25) is 11.8 Å². The van der Waals surface area contributed by atoms with Gasteiger partial charge in [-0.05, 0) is 29.8 Å². The summed E-state index contributed by atoms with van der Waals surface area (Å²) < 4.78 is 20.2. The van der Waals surface area contributed by atoms with E-state index in [1.54, 1.807) is 17.2 Å². The van der Waals surface area contributed by atoms with E-state index in [4.69, 9.17) is 4.74 Å². The minimum atomic E-state index is -0.344. The molecule has 1 aromatic heterocycles. The van der Waals surface area contributed by atoms with Crippen LogP contribution in [-0.2, 0) is 16.0 Å². The van der Waals surface area contributed by atoms with Crippen LogP contribution >= 0.6 is 0 Å². The number of nitrogens with zero attached hydrogens (tertiary/aromatic N) is 2. The van der Waals surface area contributed by atoms with E-state index >= 15 is 0 Å². The molecule has 0 saturated carbocycles. The average Bonchev–Trinajstić information content (AvgIpc) is 3.41. The number of carbonyl (C=O) groups excluding carboxylic acids is 2. The SMILES string of the molecule is O=C(CN1C[C@@H](c2ccccc2)CC1=O)NC[C@H]1Cc2cc(F)cc(-c3ccccn3)c2O1. The summed E-state index contributed by atoms with van der Waals surface area (Å²) in [5.41, 5.74) is 3.12. The van der Waals surface area contributed by atoms with Gasteiger partial charge in [-0.2, -0.15) is 0 Å². The molecular formula is C26H24FN3O3. The monoisotopic (exact) mass is 445 g/mol.